The topological polar surface area (TPSA) is 17.1 Å². The lowest BCUT2D eigenvalue weighted by molar-refractivity contribution is 0.682. The van der Waals surface area contributed by atoms with Gasteiger partial charge < -0.3 is 0 Å². The first-order chi connectivity index (χ1) is 8.65. The third-order valence-electron chi connectivity index (χ3n) is 2.99. The van der Waals surface area contributed by atoms with Crippen LogP contribution in [0.1, 0.15) is 22.3 Å². The quantitative estimate of drug-likeness (QED) is 0.816. The fourth-order valence-corrected chi connectivity index (χ4v) is 3.31. The second kappa shape index (κ2) is 5.96. The van der Waals surface area contributed by atoms with Gasteiger partial charge in [0.15, 0.2) is 0 Å². The summed E-state index contributed by atoms with van der Waals surface area (Å²) in [7, 11) is -0.841. The molecule has 0 radical (unpaired) electrons. The van der Waals surface area contributed by atoms with Crippen LogP contribution in [0.25, 0.3) is 0 Å². The lowest BCUT2D eigenvalue weighted by Gasteiger charge is -2.06. The zero-order valence-corrected chi connectivity index (χ0v) is 11.7. The van der Waals surface area contributed by atoms with Crippen LogP contribution in [0.5, 0.6) is 0 Å². The average molecular weight is 258 g/mol. The van der Waals surface area contributed by atoms with Crippen LogP contribution in [0.15, 0.2) is 48.5 Å². The normalized spacial score (nSPS) is 12.3. The van der Waals surface area contributed by atoms with Gasteiger partial charge in [0.25, 0.3) is 0 Å². The van der Waals surface area contributed by atoms with E-state index < -0.39 is 10.8 Å². The molecule has 18 heavy (non-hydrogen) atoms. The van der Waals surface area contributed by atoms with E-state index in [0.29, 0.717) is 11.5 Å². The van der Waals surface area contributed by atoms with Gasteiger partial charge in [0, 0.05) is 22.3 Å². The summed E-state index contributed by atoms with van der Waals surface area (Å²) in [5.74, 6) is 1.27. The van der Waals surface area contributed by atoms with Gasteiger partial charge in [0.05, 0.1) is 0 Å². The number of benzene rings is 2. The van der Waals surface area contributed by atoms with E-state index in [1.165, 1.54) is 16.7 Å². The van der Waals surface area contributed by atoms with Crippen molar-refractivity contribution in [1.82, 2.24) is 0 Å². The van der Waals surface area contributed by atoms with Crippen molar-refractivity contribution >= 4 is 10.8 Å². The second-order valence-corrected chi connectivity index (χ2v) is 6.10. The molecule has 0 saturated heterocycles. The van der Waals surface area contributed by atoms with E-state index in [1.54, 1.807) is 0 Å². The van der Waals surface area contributed by atoms with Gasteiger partial charge in [-0.15, -0.1) is 0 Å². The van der Waals surface area contributed by atoms with E-state index in [4.69, 9.17) is 0 Å². The number of hydrogen-bond acceptors (Lipinski definition) is 1. The Labute approximate surface area is 111 Å². The maximum absolute atomic E-state index is 12.2. The molecule has 0 spiro atoms. The molecule has 2 aromatic carbocycles. The van der Waals surface area contributed by atoms with Crippen LogP contribution in [0.2, 0.25) is 0 Å². The van der Waals surface area contributed by atoms with Gasteiger partial charge in [0.1, 0.15) is 0 Å². The van der Waals surface area contributed by atoms with Gasteiger partial charge in [-0.05, 0) is 30.5 Å². The van der Waals surface area contributed by atoms with E-state index in [1.807, 2.05) is 24.3 Å². The van der Waals surface area contributed by atoms with Gasteiger partial charge >= 0.3 is 0 Å². The molecule has 2 rings (SSSR count). The molecule has 0 saturated carbocycles. The van der Waals surface area contributed by atoms with E-state index >= 15 is 0 Å². The molecule has 94 valence electrons. The molecule has 0 aliphatic carbocycles. The number of hydrogen-bond donors (Lipinski definition) is 0. The Kier molecular flexibility index (Phi) is 4.32. The van der Waals surface area contributed by atoms with Gasteiger partial charge in [-0.2, -0.15) is 0 Å². The van der Waals surface area contributed by atoms with Crippen molar-refractivity contribution in [3.8, 4) is 0 Å². The highest BCUT2D eigenvalue weighted by Gasteiger charge is 2.05. The summed E-state index contributed by atoms with van der Waals surface area (Å²) in [5.41, 5.74) is 4.78. The summed E-state index contributed by atoms with van der Waals surface area (Å²) >= 11 is 0. The van der Waals surface area contributed by atoms with Gasteiger partial charge in [-0.1, -0.05) is 54.1 Å². The minimum atomic E-state index is -0.841. The Balaban J connectivity index is 2.03. The first kappa shape index (κ1) is 13.0. The molecule has 0 aliphatic rings. The summed E-state index contributed by atoms with van der Waals surface area (Å²) in [5, 5.41) is 0. The molecular weight excluding hydrogens is 240 g/mol. The Morgan fingerprint density at radius 1 is 0.944 bits per heavy atom. The maximum Gasteiger partial charge on any atom is 0.0491 e. The summed E-state index contributed by atoms with van der Waals surface area (Å²) in [6, 6.07) is 16.4. The summed E-state index contributed by atoms with van der Waals surface area (Å²) in [4.78, 5) is 0. The third kappa shape index (κ3) is 3.54. The lowest BCUT2D eigenvalue weighted by atomic mass is 10.1. The predicted octanol–water partition coefficient (Wildman–Crippen LogP) is 3.75. The zero-order chi connectivity index (χ0) is 13.0. The van der Waals surface area contributed by atoms with Gasteiger partial charge in [-0.3, -0.25) is 4.21 Å². The highest BCUT2D eigenvalue weighted by molar-refractivity contribution is 7.83. The minimum absolute atomic E-state index is 0.635. The third-order valence-corrected chi connectivity index (χ3v) is 4.28. The minimum Gasteiger partial charge on any atom is -0.259 e. The van der Waals surface area contributed by atoms with Crippen LogP contribution in [-0.4, -0.2) is 4.21 Å². The largest absolute Gasteiger partial charge is 0.259 e. The van der Waals surface area contributed by atoms with Crippen LogP contribution in [0.3, 0.4) is 0 Å². The fourth-order valence-electron chi connectivity index (χ4n) is 1.98. The first-order valence-electron chi connectivity index (χ1n) is 6.10. The van der Waals surface area contributed by atoms with Crippen molar-refractivity contribution < 1.29 is 4.21 Å². The van der Waals surface area contributed by atoms with Crippen molar-refractivity contribution in [2.24, 2.45) is 0 Å². The Hall–Kier alpha value is -1.41. The monoisotopic (exact) mass is 258 g/mol. The summed E-state index contributed by atoms with van der Waals surface area (Å²) in [6.07, 6.45) is 0. The molecule has 0 N–H and O–H groups in total. The molecule has 0 amide bonds. The molecule has 0 heterocycles. The average Bonchev–Trinajstić information content (AvgIpc) is 2.32. The van der Waals surface area contributed by atoms with Crippen molar-refractivity contribution in [3.05, 3.63) is 70.8 Å². The molecule has 0 aliphatic heterocycles. The van der Waals surface area contributed by atoms with Gasteiger partial charge in [0.2, 0.25) is 0 Å². The molecule has 2 heteroatoms. The van der Waals surface area contributed by atoms with Crippen LogP contribution in [-0.2, 0) is 22.3 Å². The van der Waals surface area contributed by atoms with Crippen molar-refractivity contribution in [2.45, 2.75) is 25.4 Å². The van der Waals surface area contributed by atoms with Crippen molar-refractivity contribution in [3.63, 3.8) is 0 Å². The first-order valence-corrected chi connectivity index (χ1v) is 7.59. The van der Waals surface area contributed by atoms with Crippen molar-refractivity contribution in [2.75, 3.05) is 0 Å². The molecule has 0 fully saturated rings. The molecular formula is C16H18OS. The summed E-state index contributed by atoms with van der Waals surface area (Å²) in [6.45, 7) is 4.13. The van der Waals surface area contributed by atoms with Crippen LogP contribution < -0.4 is 0 Å². The highest BCUT2D eigenvalue weighted by atomic mass is 32.2. The molecule has 0 bridgehead atoms. The molecule has 2 aromatic rings. The SMILES string of the molecule is Cc1cccc(C[S@@](=O)Cc2ccccc2C)c1. The Bertz CT molecular complexity index is 561. The van der Waals surface area contributed by atoms with E-state index in [9.17, 15) is 4.21 Å². The highest BCUT2D eigenvalue weighted by Crippen LogP contribution is 2.13. The number of aryl methyl sites for hydroxylation is 2. The van der Waals surface area contributed by atoms with Crippen LogP contribution in [0, 0.1) is 13.8 Å². The molecule has 0 aromatic heterocycles. The van der Waals surface area contributed by atoms with Crippen LogP contribution >= 0.6 is 0 Å². The molecule has 0 unspecified atom stereocenters. The van der Waals surface area contributed by atoms with Gasteiger partial charge in [-0.25, -0.2) is 0 Å². The maximum atomic E-state index is 12.2. The van der Waals surface area contributed by atoms with Crippen LogP contribution in [0.4, 0.5) is 0 Å². The Morgan fingerprint density at radius 3 is 2.44 bits per heavy atom. The standard InChI is InChI=1S/C16H18OS/c1-13-6-5-8-15(10-13)11-18(17)12-16-9-4-3-7-14(16)2/h3-10H,11-12H2,1-2H3/t18-/m1/s1. The Morgan fingerprint density at radius 2 is 1.72 bits per heavy atom. The van der Waals surface area contributed by atoms with E-state index in [2.05, 4.69) is 38.1 Å². The fraction of sp³-hybridized carbons (Fsp3) is 0.250. The van der Waals surface area contributed by atoms with E-state index in [0.717, 1.165) is 5.56 Å². The smallest absolute Gasteiger partial charge is 0.0491 e. The molecule has 1 atom stereocenters. The second-order valence-electron chi connectivity index (χ2n) is 4.64. The van der Waals surface area contributed by atoms with E-state index in [-0.39, 0.29) is 0 Å². The predicted molar refractivity (Wildman–Crippen MR) is 77.9 cm³/mol. The molecule has 1 nitrogen and oxygen atoms in total. The summed E-state index contributed by atoms with van der Waals surface area (Å²) < 4.78 is 12.2. The lowest BCUT2D eigenvalue weighted by Crippen LogP contribution is -2.01. The van der Waals surface area contributed by atoms with Crippen molar-refractivity contribution in [1.29, 1.82) is 0 Å². The number of rotatable bonds is 4. The zero-order valence-electron chi connectivity index (χ0n) is 10.8.